The van der Waals surface area contributed by atoms with Gasteiger partial charge in [-0.3, -0.25) is 4.79 Å². The third-order valence-corrected chi connectivity index (χ3v) is 10.2. The minimum atomic E-state index is 0.297. The van der Waals surface area contributed by atoms with E-state index in [-0.39, 0.29) is 0 Å². The molecule has 1 aliphatic heterocycles. The topological polar surface area (TPSA) is 29.1 Å². The average molecular weight is 388 g/mol. The van der Waals surface area contributed by atoms with E-state index >= 15 is 0 Å². The largest absolute Gasteiger partial charge is 0.353 e. The highest BCUT2D eigenvalue weighted by Crippen LogP contribution is 2.65. The van der Waals surface area contributed by atoms with Crippen molar-refractivity contribution < 1.29 is 4.79 Å². The van der Waals surface area contributed by atoms with Gasteiger partial charge in [-0.05, 0) is 78.9 Å². The van der Waals surface area contributed by atoms with Crippen LogP contribution in [0.1, 0.15) is 105 Å². The van der Waals surface area contributed by atoms with Crippen LogP contribution in [0.3, 0.4) is 0 Å². The van der Waals surface area contributed by atoms with E-state index in [1.54, 1.807) is 0 Å². The quantitative estimate of drug-likeness (QED) is 0.566. The maximum Gasteiger partial charge on any atom is 0.223 e. The molecular formula is C26H45NO. The molecule has 0 radical (unpaired) electrons. The molecule has 1 saturated heterocycles. The number of amides is 1. The molecule has 0 aromatic rings. The van der Waals surface area contributed by atoms with E-state index in [2.05, 4.69) is 39.9 Å². The van der Waals surface area contributed by atoms with Crippen molar-refractivity contribution in [2.75, 3.05) is 0 Å². The Balaban J connectivity index is 1.51. The van der Waals surface area contributed by atoms with Crippen molar-refractivity contribution in [2.45, 2.75) is 111 Å². The van der Waals surface area contributed by atoms with Crippen molar-refractivity contribution in [2.24, 2.45) is 46.3 Å². The zero-order valence-electron chi connectivity index (χ0n) is 19.2. The molecule has 0 spiro atoms. The first-order valence-electron chi connectivity index (χ1n) is 12.6. The first-order chi connectivity index (χ1) is 13.3. The summed E-state index contributed by atoms with van der Waals surface area (Å²) in [4.78, 5) is 13.3. The van der Waals surface area contributed by atoms with Crippen LogP contribution in [-0.4, -0.2) is 11.9 Å². The number of carbonyl (C=O) groups excluding carboxylic acids is 1. The van der Waals surface area contributed by atoms with Gasteiger partial charge in [-0.15, -0.1) is 0 Å². The van der Waals surface area contributed by atoms with Crippen molar-refractivity contribution >= 4 is 5.91 Å². The maximum atomic E-state index is 13.3. The fourth-order valence-electron chi connectivity index (χ4n) is 8.58. The Morgan fingerprint density at radius 1 is 0.929 bits per heavy atom. The third kappa shape index (κ3) is 3.25. The third-order valence-electron chi connectivity index (χ3n) is 10.2. The fourth-order valence-corrected chi connectivity index (χ4v) is 8.58. The van der Waals surface area contributed by atoms with Crippen molar-refractivity contribution in [3.05, 3.63) is 0 Å². The summed E-state index contributed by atoms with van der Waals surface area (Å²) in [6, 6.07) is 0.450. The molecular weight excluding hydrogens is 342 g/mol. The Morgan fingerprint density at radius 3 is 2.43 bits per heavy atom. The van der Waals surface area contributed by atoms with Gasteiger partial charge in [0.2, 0.25) is 5.91 Å². The average Bonchev–Trinajstić information content (AvgIpc) is 2.99. The molecule has 28 heavy (non-hydrogen) atoms. The second-order valence-electron chi connectivity index (χ2n) is 12.1. The summed E-state index contributed by atoms with van der Waals surface area (Å²) in [5.74, 6) is 4.46. The highest BCUT2D eigenvalue weighted by Gasteiger charge is 2.62. The van der Waals surface area contributed by atoms with Crippen LogP contribution < -0.4 is 5.32 Å². The number of hydrogen-bond donors (Lipinski definition) is 1. The van der Waals surface area contributed by atoms with Crippen LogP contribution in [0.25, 0.3) is 0 Å². The Morgan fingerprint density at radius 2 is 1.68 bits per heavy atom. The number of hydrogen-bond acceptors (Lipinski definition) is 1. The molecule has 3 aliphatic carbocycles. The summed E-state index contributed by atoms with van der Waals surface area (Å²) >= 11 is 0. The van der Waals surface area contributed by atoms with Gasteiger partial charge in [0.15, 0.2) is 0 Å². The molecule has 160 valence electrons. The lowest BCUT2D eigenvalue weighted by molar-refractivity contribution is -0.155. The lowest BCUT2D eigenvalue weighted by Crippen LogP contribution is -2.65. The molecule has 2 heteroatoms. The number of rotatable bonds is 5. The number of piperidine rings is 1. The highest BCUT2D eigenvalue weighted by atomic mass is 16.2. The summed E-state index contributed by atoms with van der Waals surface area (Å²) in [6.07, 6.45) is 14.7. The van der Waals surface area contributed by atoms with Gasteiger partial charge in [-0.25, -0.2) is 0 Å². The van der Waals surface area contributed by atoms with Crippen LogP contribution in [0.4, 0.5) is 0 Å². The summed E-state index contributed by atoms with van der Waals surface area (Å²) in [7, 11) is 0. The van der Waals surface area contributed by atoms with Crippen molar-refractivity contribution in [1.82, 2.24) is 5.32 Å². The van der Waals surface area contributed by atoms with Crippen molar-refractivity contribution in [3.8, 4) is 0 Å². The first-order valence-corrected chi connectivity index (χ1v) is 12.6. The number of nitrogens with one attached hydrogen (secondary N) is 1. The second kappa shape index (κ2) is 7.62. The van der Waals surface area contributed by atoms with Crippen LogP contribution >= 0.6 is 0 Å². The van der Waals surface area contributed by atoms with Gasteiger partial charge in [-0.2, -0.15) is 0 Å². The molecule has 0 aromatic carbocycles. The van der Waals surface area contributed by atoms with Crippen molar-refractivity contribution in [3.63, 3.8) is 0 Å². The summed E-state index contributed by atoms with van der Waals surface area (Å²) < 4.78 is 0. The predicted molar refractivity (Wildman–Crippen MR) is 117 cm³/mol. The van der Waals surface area contributed by atoms with E-state index < -0.39 is 0 Å². The van der Waals surface area contributed by atoms with E-state index in [9.17, 15) is 4.79 Å². The van der Waals surface area contributed by atoms with E-state index in [0.717, 1.165) is 17.8 Å². The van der Waals surface area contributed by atoms with E-state index in [1.807, 2.05) is 0 Å². The van der Waals surface area contributed by atoms with E-state index in [1.165, 1.54) is 70.6 Å². The maximum absolute atomic E-state index is 13.3. The Kier molecular flexibility index (Phi) is 5.64. The lowest BCUT2D eigenvalue weighted by Gasteiger charge is -2.60. The molecule has 4 aliphatic rings. The van der Waals surface area contributed by atoms with Crippen LogP contribution in [0, 0.1) is 46.3 Å². The van der Waals surface area contributed by atoms with Gasteiger partial charge in [0.1, 0.15) is 0 Å². The smallest absolute Gasteiger partial charge is 0.223 e. The van der Waals surface area contributed by atoms with Crippen LogP contribution in [-0.2, 0) is 4.79 Å². The molecule has 0 bridgehead atoms. The highest BCUT2D eigenvalue weighted by molar-refractivity contribution is 5.81. The van der Waals surface area contributed by atoms with Crippen LogP contribution in [0.15, 0.2) is 0 Å². The van der Waals surface area contributed by atoms with Gasteiger partial charge in [0.25, 0.3) is 0 Å². The molecule has 4 fully saturated rings. The minimum Gasteiger partial charge on any atom is -0.353 e. The van der Waals surface area contributed by atoms with Gasteiger partial charge in [-0.1, -0.05) is 66.7 Å². The Bertz CT molecular complexity index is 585. The van der Waals surface area contributed by atoms with E-state index in [4.69, 9.17) is 0 Å². The monoisotopic (exact) mass is 387 g/mol. The van der Waals surface area contributed by atoms with E-state index in [0.29, 0.717) is 40.5 Å². The zero-order chi connectivity index (χ0) is 20.1. The second-order valence-corrected chi connectivity index (χ2v) is 12.1. The molecule has 8 atom stereocenters. The molecule has 2 nitrogen and oxygen atoms in total. The van der Waals surface area contributed by atoms with Gasteiger partial charge < -0.3 is 5.32 Å². The SMILES string of the molecule is CC(C)CCCC(C)C1CCC2C3C(=O)NC4CCCCC4(C)C3CCC12C. The molecule has 1 amide bonds. The summed E-state index contributed by atoms with van der Waals surface area (Å²) in [5, 5.41) is 3.54. The lowest BCUT2D eigenvalue weighted by atomic mass is 9.47. The molecule has 1 N–H and O–H groups in total. The zero-order valence-corrected chi connectivity index (χ0v) is 19.2. The minimum absolute atomic E-state index is 0.297. The predicted octanol–water partition coefficient (Wildman–Crippen LogP) is 6.59. The Labute approximate surface area is 174 Å². The van der Waals surface area contributed by atoms with Gasteiger partial charge >= 0.3 is 0 Å². The van der Waals surface area contributed by atoms with Crippen LogP contribution in [0.5, 0.6) is 0 Å². The normalized spacial score (nSPS) is 46.5. The summed E-state index contributed by atoms with van der Waals surface area (Å²) in [5.41, 5.74) is 0.757. The molecule has 3 saturated carbocycles. The summed E-state index contributed by atoms with van der Waals surface area (Å²) in [6.45, 7) is 12.3. The van der Waals surface area contributed by atoms with Crippen molar-refractivity contribution in [1.29, 1.82) is 0 Å². The molecule has 0 aromatic heterocycles. The Hall–Kier alpha value is -0.530. The molecule has 1 heterocycles. The van der Waals surface area contributed by atoms with Gasteiger partial charge in [0.05, 0.1) is 0 Å². The molecule has 4 rings (SSSR count). The van der Waals surface area contributed by atoms with Gasteiger partial charge in [0, 0.05) is 12.0 Å². The van der Waals surface area contributed by atoms with Crippen LogP contribution in [0.2, 0.25) is 0 Å². The number of fused-ring (bicyclic) bond motifs is 5. The molecule has 8 unspecified atom stereocenters. The number of carbonyl (C=O) groups is 1. The fraction of sp³-hybridized carbons (Fsp3) is 0.962. The standard InChI is InChI=1S/C26H45NO/c1-17(2)9-8-10-18(3)19-12-13-20-23-21(14-16-25(19,20)4)26(5)15-7-6-11-22(26)27-24(23)28/h17-23H,6-16H2,1-5H3,(H,27,28). The first kappa shape index (κ1) is 20.7.